The van der Waals surface area contributed by atoms with Gasteiger partial charge in [0.15, 0.2) is 0 Å². The van der Waals surface area contributed by atoms with Crippen LogP contribution < -0.4 is 0 Å². The van der Waals surface area contributed by atoms with Crippen LogP contribution in [0.3, 0.4) is 0 Å². The molecule has 3 aromatic carbocycles. The number of aryl methyl sites for hydroxylation is 1. The zero-order chi connectivity index (χ0) is 23.4. The Labute approximate surface area is 208 Å². The summed E-state index contributed by atoms with van der Waals surface area (Å²) in [5.41, 5.74) is 7.20. The highest BCUT2D eigenvalue weighted by atomic mass is 35.5. The van der Waals surface area contributed by atoms with E-state index in [2.05, 4.69) is 81.4 Å². The lowest BCUT2D eigenvalue weighted by atomic mass is 9.82. The summed E-state index contributed by atoms with van der Waals surface area (Å²) in [5.74, 6) is 0. The third-order valence-electron chi connectivity index (χ3n) is 5.93. The first-order valence-corrected chi connectivity index (χ1v) is 12.3. The lowest BCUT2D eigenvalue weighted by molar-refractivity contribution is 0.580. The summed E-state index contributed by atoms with van der Waals surface area (Å²) in [5, 5.41) is 1.98. The van der Waals surface area contributed by atoms with Gasteiger partial charge in [-0.3, -0.25) is 0 Å². The largest absolute Gasteiger partial charge is 0.248 e. The Morgan fingerprint density at radius 2 is 1.70 bits per heavy atom. The topological polar surface area (TPSA) is 12.9 Å². The van der Waals surface area contributed by atoms with E-state index in [0.29, 0.717) is 5.02 Å². The molecule has 0 N–H and O–H groups in total. The van der Waals surface area contributed by atoms with Crippen LogP contribution in [0.4, 0.5) is 0 Å². The first kappa shape index (κ1) is 23.6. The molecule has 168 valence electrons. The SMILES string of the molecule is CC(C)(C)c1ccccc1CC[C@@H](S)c1cccc(/C=C/c2ccc3ccc(Cl)cc3n2)c1. The van der Waals surface area contributed by atoms with Gasteiger partial charge in [-0.25, -0.2) is 4.98 Å². The normalized spacial score (nSPS) is 13.0. The molecule has 0 aliphatic rings. The highest BCUT2D eigenvalue weighted by molar-refractivity contribution is 7.80. The molecule has 0 spiro atoms. The van der Waals surface area contributed by atoms with Gasteiger partial charge in [0.25, 0.3) is 0 Å². The zero-order valence-corrected chi connectivity index (χ0v) is 21.1. The molecule has 0 amide bonds. The van der Waals surface area contributed by atoms with E-state index < -0.39 is 0 Å². The van der Waals surface area contributed by atoms with Gasteiger partial charge in [-0.1, -0.05) is 99.1 Å². The number of fused-ring (bicyclic) bond motifs is 1. The predicted molar refractivity (Wildman–Crippen MR) is 147 cm³/mol. The Hall–Kier alpha value is -2.55. The Morgan fingerprint density at radius 1 is 0.909 bits per heavy atom. The third kappa shape index (κ3) is 6.07. The number of aromatic nitrogens is 1. The first-order chi connectivity index (χ1) is 15.8. The number of thiol groups is 1. The van der Waals surface area contributed by atoms with Crippen molar-refractivity contribution in [3.05, 3.63) is 112 Å². The summed E-state index contributed by atoms with van der Waals surface area (Å²) < 4.78 is 0. The minimum Gasteiger partial charge on any atom is -0.248 e. The first-order valence-electron chi connectivity index (χ1n) is 11.4. The number of rotatable bonds is 6. The molecule has 0 bridgehead atoms. The smallest absolute Gasteiger partial charge is 0.0724 e. The van der Waals surface area contributed by atoms with Crippen molar-refractivity contribution in [1.29, 1.82) is 0 Å². The summed E-state index contributed by atoms with van der Waals surface area (Å²) in [6.45, 7) is 6.83. The van der Waals surface area contributed by atoms with Crippen LogP contribution in [0.5, 0.6) is 0 Å². The van der Waals surface area contributed by atoms with E-state index in [-0.39, 0.29) is 10.7 Å². The number of hydrogen-bond acceptors (Lipinski definition) is 2. The zero-order valence-electron chi connectivity index (χ0n) is 19.4. The predicted octanol–water partition coefficient (Wildman–Crippen LogP) is 8.96. The van der Waals surface area contributed by atoms with Gasteiger partial charge >= 0.3 is 0 Å². The fourth-order valence-electron chi connectivity index (χ4n) is 4.18. The van der Waals surface area contributed by atoms with Gasteiger partial charge in [0.1, 0.15) is 0 Å². The van der Waals surface area contributed by atoms with Crippen LogP contribution in [0.1, 0.15) is 60.4 Å². The van der Waals surface area contributed by atoms with Gasteiger partial charge in [-0.15, -0.1) is 0 Å². The molecule has 4 aromatic rings. The van der Waals surface area contributed by atoms with E-state index >= 15 is 0 Å². The van der Waals surface area contributed by atoms with Crippen LogP contribution in [-0.4, -0.2) is 4.98 Å². The van der Waals surface area contributed by atoms with Crippen LogP contribution in [0, 0.1) is 0 Å². The van der Waals surface area contributed by atoms with Crippen LogP contribution in [-0.2, 0) is 11.8 Å². The molecule has 1 atom stereocenters. The molecule has 1 nitrogen and oxygen atoms in total. The molecular weight excluding hydrogens is 442 g/mol. The maximum Gasteiger partial charge on any atom is 0.0724 e. The minimum atomic E-state index is 0.148. The van der Waals surface area contributed by atoms with Crippen molar-refractivity contribution < 1.29 is 0 Å². The summed E-state index contributed by atoms with van der Waals surface area (Å²) >= 11 is 11.1. The monoisotopic (exact) mass is 471 g/mol. The van der Waals surface area contributed by atoms with E-state index in [1.807, 2.05) is 30.3 Å². The molecule has 33 heavy (non-hydrogen) atoms. The molecule has 0 saturated heterocycles. The molecule has 4 rings (SSSR count). The molecule has 1 heterocycles. The van der Waals surface area contributed by atoms with Crippen LogP contribution in [0.15, 0.2) is 78.9 Å². The maximum atomic E-state index is 6.12. The second kappa shape index (κ2) is 10.2. The van der Waals surface area contributed by atoms with E-state index in [4.69, 9.17) is 29.2 Å². The van der Waals surface area contributed by atoms with Crippen molar-refractivity contribution in [2.24, 2.45) is 0 Å². The van der Waals surface area contributed by atoms with Crippen molar-refractivity contribution >= 4 is 47.3 Å². The molecule has 0 fully saturated rings. The van der Waals surface area contributed by atoms with Crippen LogP contribution in [0.25, 0.3) is 23.1 Å². The number of pyridine rings is 1. The number of hydrogen-bond donors (Lipinski definition) is 1. The second-order valence-corrected chi connectivity index (χ2v) is 10.6. The maximum absolute atomic E-state index is 6.12. The summed E-state index contributed by atoms with van der Waals surface area (Å²) in [7, 11) is 0. The summed E-state index contributed by atoms with van der Waals surface area (Å²) in [6.07, 6.45) is 6.17. The van der Waals surface area contributed by atoms with Crippen molar-refractivity contribution in [3.63, 3.8) is 0 Å². The van der Waals surface area contributed by atoms with Crippen molar-refractivity contribution in [2.45, 2.75) is 44.3 Å². The molecule has 0 aliphatic carbocycles. The van der Waals surface area contributed by atoms with E-state index in [1.165, 1.54) is 16.7 Å². The van der Waals surface area contributed by atoms with Crippen molar-refractivity contribution in [1.82, 2.24) is 4.98 Å². The summed E-state index contributed by atoms with van der Waals surface area (Å²) in [6, 6.07) is 27.3. The van der Waals surface area contributed by atoms with Gasteiger partial charge in [-0.2, -0.15) is 12.6 Å². The second-order valence-electron chi connectivity index (χ2n) is 9.54. The fourth-order valence-corrected chi connectivity index (χ4v) is 4.64. The molecular formula is C30H30ClNS. The number of benzene rings is 3. The van der Waals surface area contributed by atoms with Crippen LogP contribution in [0.2, 0.25) is 5.02 Å². The van der Waals surface area contributed by atoms with E-state index in [0.717, 1.165) is 35.0 Å². The number of nitrogens with zero attached hydrogens (tertiary/aromatic N) is 1. The highest BCUT2D eigenvalue weighted by Gasteiger charge is 2.18. The molecule has 3 heteroatoms. The Bertz CT molecular complexity index is 1290. The average Bonchev–Trinajstić information content (AvgIpc) is 2.80. The van der Waals surface area contributed by atoms with Crippen LogP contribution >= 0.6 is 24.2 Å². The molecule has 0 radical (unpaired) electrons. The van der Waals surface area contributed by atoms with Gasteiger partial charge in [-0.05, 0) is 64.8 Å². The molecule has 0 unspecified atom stereocenters. The van der Waals surface area contributed by atoms with Gasteiger partial charge in [0.2, 0.25) is 0 Å². The Balaban J connectivity index is 1.47. The Kier molecular flexibility index (Phi) is 7.26. The molecule has 0 aliphatic heterocycles. The third-order valence-corrected chi connectivity index (χ3v) is 6.72. The van der Waals surface area contributed by atoms with E-state index in [9.17, 15) is 0 Å². The van der Waals surface area contributed by atoms with Gasteiger partial charge in [0, 0.05) is 15.7 Å². The van der Waals surface area contributed by atoms with Gasteiger partial charge < -0.3 is 0 Å². The summed E-state index contributed by atoms with van der Waals surface area (Å²) in [4.78, 5) is 4.71. The lowest BCUT2D eigenvalue weighted by Gasteiger charge is -2.23. The van der Waals surface area contributed by atoms with Crippen molar-refractivity contribution in [2.75, 3.05) is 0 Å². The standard InChI is InChI=1S/C30H30ClNS/c1-30(2,3)27-10-5-4-8-22(27)14-18-29(33)24-9-6-7-21(19-24)11-16-26-17-13-23-12-15-25(31)20-28(23)32-26/h4-13,15-17,19-20,29,33H,14,18H2,1-3H3/b16-11+/t29-/m1/s1. The van der Waals surface area contributed by atoms with Gasteiger partial charge in [0.05, 0.1) is 11.2 Å². The molecule has 0 saturated carbocycles. The number of halogens is 1. The Morgan fingerprint density at radius 3 is 2.52 bits per heavy atom. The average molecular weight is 472 g/mol. The minimum absolute atomic E-state index is 0.148. The highest BCUT2D eigenvalue weighted by Crippen LogP contribution is 2.31. The fraction of sp³-hybridized carbons (Fsp3) is 0.233. The quantitative estimate of drug-likeness (QED) is 0.277. The van der Waals surface area contributed by atoms with E-state index in [1.54, 1.807) is 0 Å². The molecule has 1 aromatic heterocycles. The lowest BCUT2D eigenvalue weighted by Crippen LogP contribution is -2.14. The van der Waals surface area contributed by atoms with Crippen molar-refractivity contribution in [3.8, 4) is 0 Å².